The lowest BCUT2D eigenvalue weighted by atomic mass is 10.0. The highest BCUT2D eigenvalue weighted by Crippen LogP contribution is 2.43. The molecule has 0 aromatic rings. The zero-order chi connectivity index (χ0) is 44.9. The summed E-state index contributed by atoms with van der Waals surface area (Å²) in [6.45, 7) is 2.67. The number of phosphoric ester groups is 1. The van der Waals surface area contributed by atoms with Gasteiger partial charge in [0.25, 0.3) is 0 Å². The zero-order valence-electron chi connectivity index (χ0n) is 38.5. The Morgan fingerprint density at radius 2 is 0.918 bits per heavy atom. The first kappa shape index (κ1) is 58.4. The SMILES string of the molecule is CC/C=C/C=C/C=C/C=C/CCCCCCCC(=O)O[C@@H](COC(=O)CCCCCCCCCCCCCCCCCCCCCCCC)COP(=O)(O)OC[C@@H](N)C(=O)O. The second-order valence-corrected chi connectivity index (χ2v) is 17.8. The first-order valence-corrected chi connectivity index (χ1v) is 25.7. The number of carboxylic acid groups (broad SMARTS) is 1. The average molecular weight is 882 g/mol. The Bertz CT molecular complexity index is 1220. The third-order valence-electron chi connectivity index (χ3n) is 10.4. The lowest BCUT2D eigenvalue weighted by Crippen LogP contribution is -2.34. The number of hydrogen-bond donors (Lipinski definition) is 3. The van der Waals surface area contributed by atoms with Crippen LogP contribution in [0.1, 0.15) is 213 Å². The quantitative estimate of drug-likeness (QED) is 0.0230. The lowest BCUT2D eigenvalue weighted by molar-refractivity contribution is -0.161. The smallest absolute Gasteiger partial charge is 0.472 e. The fraction of sp³-hybridized carbons (Fsp3) is 0.776. The van der Waals surface area contributed by atoms with Crippen molar-refractivity contribution in [2.75, 3.05) is 19.8 Å². The second kappa shape index (κ2) is 44.1. The van der Waals surface area contributed by atoms with Gasteiger partial charge in [0.2, 0.25) is 0 Å². The van der Waals surface area contributed by atoms with E-state index >= 15 is 0 Å². The van der Waals surface area contributed by atoms with E-state index in [4.69, 9.17) is 24.8 Å². The summed E-state index contributed by atoms with van der Waals surface area (Å²) in [4.78, 5) is 46.1. The molecule has 0 bridgehead atoms. The Labute approximate surface area is 371 Å². The van der Waals surface area contributed by atoms with Gasteiger partial charge in [-0.15, -0.1) is 0 Å². The van der Waals surface area contributed by atoms with E-state index < -0.39 is 51.1 Å². The van der Waals surface area contributed by atoms with Crippen LogP contribution in [-0.2, 0) is 37.5 Å². The molecule has 0 aromatic carbocycles. The van der Waals surface area contributed by atoms with Crippen LogP contribution in [0, 0.1) is 0 Å². The van der Waals surface area contributed by atoms with E-state index in [0.717, 1.165) is 57.8 Å². The number of ether oxygens (including phenoxy) is 2. The minimum absolute atomic E-state index is 0.135. The molecule has 0 aromatic heterocycles. The molecule has 0 aliphatic carbocycles. The van der Waals surface area contributed by atoms with E-state index in [-0.39, 0.29) is 19.4 Å². The Balaban J connectivity index is 4.24. The van der Waals surface area contributed by atoms with E-state index in [1.165, 1.54) is 116 Å². The monoisotopic (exact) mass is 882 g/mol. The molecule has 4 N–H and O–H groups in total. The Hall–Kier alpha value is -2.56. The summed E-state index contributed by atoms with van der Waals surface area (Å²) in [5.74, 6) is -2.40. The third-order valence-corrected chi connectivity index (χ3v) is 11.4. The molecule has 0 rings (SSSR count). The molecule has 0 spiro atoms. The number of unbranched alkanes of at least 4 members (excludes halogenated alkanes) is 26. The maximum atomic E-state index is 12.6. The molecule has 0 heterocycles. The summed E-state index contributed by atoms with van der Waals surface area (Å²) in [5, 5.41) is 8.90. The number of carbonyl (C=O) groups is 3. The molecular weight excluding hydrogens is 794 g/mol. The average Bonchev–Trinajstić information content (AvgIpc) is 3.24. The molecule has 0 aliphatic heterocycles. The van der Waals surface area contributed by atoms with Gasteiger partial charge in [-0.05, 0) is 32.1 Å². The molecule has 1 unspecified atom stereocenters. The van der Waals surface area contributed by atoms with Gasteiger partial charge in [0, 0.05) is 12.8 Å². The van der Waals surface area contributed by atoms with Gasteiger partial charge in [0.15, 0.2) is 6.10 Å². The predicted molar refractivity (Wildman–Crippen MR) is 249 cm³/mol. The van der Waals surface area contributed by atoms with E-state index in [1.54, 1.807) is 0 Å². The summed E-state index contributed by atoms with van der Waals surface area (Å²) in [6, 6.07) is -1.53. The summed E-state index contributed by atoms with van der Waals surface area (Å²) < 4.78 is 32.8. The van der Waals surface area contributed by atoms with Crippen LogP contribution in [0.15, 0.2) is 48.6 Å². The molecule has 11 nitrogen and oxygen atoms in total. The van der Waals surface area contributed by atoms with Crippen molar-refractivity contribution < 1.29 is 47.5 Å². The van der Waals surface area contributed by atoms with Crippen molar-refractivity contribution in [3.8, 4) is 0 Å². The number of carboxylic acids is 1. The van der Waals surface area contributed by atoms with Crippen LogP contribution in [0.25, 0.3) is 0 Å². The molecule has 0 saturated heterocycles. The molecule has 3 atom stereocenters. The van der Waals surface area contributed by atoms with E-state index in [9.17, 15) is 23.8 Å². The van der Waals surface area contributed by atoms with Crippen molar-refractivity contribution >= 4 is 25.7 Å². The number of allylic oxidation sites excluding steroid dienone is 8. The van der Waals surface area contributed by atoms with Crippen LogP contribution in [-0.4, -0.2) is 59.9 Å². The second-order valence-electron chi connectivity index (χ2n) is 16.3. The van der Waals surface area contributed by atoms with Crippen LogP contribution >= 0.6 is 7.82 Å². The zero-order valence-corrected chi connectivity index (χ0v) is 39.4. The molecule has 0 aliphatic rings. The van der Waals surface area contributed by atoms with E-state index in [0.29, 0.717) is 12.8 Å². The molecule has 354 valence electrons. The van der Waals surface area contributed by atoms with Gasteiger partial charge < -0.3 is 25.2 Å². The van der Waals surface area contributed by atoms with Gasteiger partial charge in [0.1, 0.15) is 12.6 Å². The predicted octanol–water partition coefficient (Wildman–Crippen LogP) is 13.3. The standard InChI is InChI=1S/C49H88NO10P/c1-3-5-7-9-11-13-15-17-19-20-21-22-23-24-25-27-28-30-32-34-36-38-40-47(51)57-42-45(43-58-61(55,56)59-44-46(50)49(53)54)60-48(52)41-39-37-35-33-31-29-26-18-16-14-12-10-8-6-4-2/h6,8,10,12,14,16,18,26,45-46H,3-5,7,9,11,13,15,17,19-25,27-44,50H2,1-2H3,(H,53,54)(H,55,56)/b8-6+,12-10+,16-14+,26-18+/t45-,46+/m0/s1. The number of nitrogens with two attached hydrogens (primary N) is 1. The molecule has 0 fully saturated rings. The maximum absolute atomic E-state index is 12.6. The summed E-state index contributed by atoms with van der Waals surface area (Å²) in [6.07, 6.45) is 50.4. The molecule has 0 radical (unpaired) electrons. The number of aliphatic carboxylic acids is 1. The summed E-state index contributed by atoms with van der Waals surface area (Å²) in [5.41, 5.74) is 5.34. The molecule has 12 heteroatoms. The van der Waals surface area contributed by atoms with Crippen molar-refractivity contribution in [3.05, 3.63) is 48.6 Å². The highest BCUT2D eigenvalue weighted by Gasteiger charge is 2.28. The van der Waals surface area contributed by atoms with Crippen LogP contribution in [0.3, 0.4) is 0 Å². The van der Waals surface area contributed by atoms with Crippen molar-refractivity contribution in [3.63, 3.8) is 0 Å². The molecule has 61 heavy (non-hydrogen) atoms. The van der Waals surface area contributed by atoms with Crippen LogP contribution in [0.2, 0.25) is 0 Å². The Kier molecular flexibility index (Phi) is 42.2. The Morgan fingerprint density at radius 3 is 1.38 bits per heavy atom. The number of rotatable bonds is 45. The van der Waals surface area contributed by atoms with Gasteiger partial charge in [0.05, 0.1) is 13.2 Å². The van der Waals surface area contributed by atoms with Crippen molar-refractivity contribution in [1.29, 1.82) is 0 Å². The largest absolute Gasteiger partial charge is 0.480 e. The van der Waals surface area contributed by atoms with Gasteiger partial charge in [-0.1, -0.05) is 217 Å². The summed E-state index contributed by atoms with van der Waals surface area (Å²) >= 11 is 0. The fourth-order valence-corrected chi connectivity index (χ4v) is 7.44. The first-order chi connectivity index (χ1) is 29.6. The minimum Gasteiger partial charge on any atom is -0.480 e. The number of carbonyl (C=O) groups excluding carboxylic acids is 2. The highest BCUT2D eigenvalue weighted by molar-refractivity contribution is 7.47. The third kappa shape index (κ3) is 43.9. The van der Waals surface area contributed by atoms with Crippen molar-refractivity contribution in [2.45, 2.75) is 225 Å². The van der Waals surface area contributed by atoms with Crippen LogP contribution in [0.4, 0.5) is 0 Å². The van der Waals surface area contributed by atoms with Crippen LogP contribution in [0.5, 0.6) is 0 Å². The highest BCUT2D eigenvalue weighted by atomic mass is 31.2. The first-order valence-electron chi connectivity index (χ1n) is 24.2. The number of phosphoric acid groups is 1. The van der Waals surface area contributed by atoms with Gasteiger partial charge in [-0.25, -0.2) is 4.57 Å². The fourth-order valence-electron chi connectivity index (χ4n) is 6.67. The normalized spacial score (nSPS) is 14.0. The molecule has 0 amide bonds. The summed E-state index contributed by atoms with van der Waals surface area (Å²) in [7, 11) is -4.73. The van der Waals surface area contributed by atoms with E-state index in [2.05, 4.69) is 30.5 Å². The van der Waals surface area contributed by atoms with Gasteiger partial charge in [-0.3, -0.25) is 23.4 Å². The van der Waals surface area contributed by atoms with Crippen molar-refractivity contribution in [1.82, 2.24) is 0 Å². The maximum Gasteiger partial charge on any atom is 0.472 e. The van der Waals surface area contributed by atoms with Gasteiger partial charge >= 0.3 is 25.7 Å². The van der Waals surface area contributed by atoms with Gasteiger partial charge in [-0.2, -0.15) is 0 Å². The Morgan fingerprint density at radius 1 is 0.525 bits per heavy atom. The molecule has 0 saturated carbocycles. The lowest BCUT2D eigenvalue weighted by Gasteiger charge is -2.20. The number of esters is 2. The molecular formula is C49H88NO10P. The van der Waals surface area contributed by atoms with Crippen LogP contribution < -0.4 is 5.73 Å². The van der Waals surface area contributed by atoms with E-state index in [1.807, 2.05) is 36.5 Å². The topological polar surface area (TPSA) is 172 Å². The number of hydrogen-bond acceptors (Lipinski definition) is 9. The van der Waals surface area contributed by atoms with Crippen molar-refractivity contribution in [2.24, 2.45) is 5.73 Å². The minimum atomic E-state index is -4.73.